The predicted octanol–water partition coefficient (Wildman–Crippen LogP) is 5.85. The van der Waals surface area contributed by atoms with E-state index in [0.717, 1.165) is 51.4 Å². The summed E-state index contributed by atoms with van der Waals surface area (Å²) in [6.07, 6.45) is 10.3. The Hall–Kier alpha value is -2.90. The monoisotopic (exact) mass is 818 g/mol. The van der Waals surface area contributed by atoms with Crippen LogP contribution in [0.15, 0.2) is 0 Å². The summed E-state index contributed by atoms with van der Waals surface area (Å²) in [6, 6.07) is -2.88. The molecule has 1 heterocycles. The number of rotatable bonds is 13. The number of ether oxygens (including phenoxy) is 1. The molecule has 0 aromatic heterocycles. The van der Waals surface area contributed by atoms with Crippen LogP contribution < -0.4 is 20.7 Å². The molecule has 5 aliphatic carbocycles. The van der Waals surface area contributed by atoms with Gasteiger partial charge >= 0.3 is 6.09 Å². The highest BCUT2D eigenvalue weighted by atomic mass is 32.2. The third-order valence-corrected chi connectivity index (χ3v) is 17.7. The fourth-order valence-electron chi connectivity index (χ4n) is 11.6. The van der Waals surface area contributed by atoms with Crippen LogP contribution in [0.3, 0.4) is 0 Å². The van der Waals surface area contributed by atoms with Crippen LogP contribution in [0.2, 0.25) is 0 Å². The van der Waals surface area contributed by atoms with E-state index in [1.807, 2.05) is 34.6 Å². The van der Waals surface area contributed by atoms with E-state index < -0.39 is 73.3 Å². The van der Waals surface area contributed by atoms with Crippen molar-refractivity contribution in [3.8, 4) is 0 Å². The van der Waals surface area contributed by atoms with Gasteiger partial charge in [-0.2, -0.15) is 0 Å². The number of hydrogen-bond acceptors (Lipinski definition) is 8. The molecule has 0 aromatic carbocycles. The second-order valence-corrected chi connectivity index (χ2v) is 23.4. The maximum atomic E-state index is 15.2. The summed E-state index contributed by atoms with van der Waals surface area (Å²) in [5.74, 6) is -2.40. The second-order valence-electron chi connectivity index (χ2n) is 21.3. The number of fused-ring (bicyclic) bond motifs is 1. The summed E-state index contributed by atoms with van der Waals surface area (Å²) in [4.78, 5) is 73.0. The van der Waals surface area contributed by atoms with Gasteiger partial charge in [0.2, 0.25) is 27.7 Å². The van der Waals surface area contributed by atoms with Crippen molar-refractivity contribution in [1.82, 2.24) is 25.6 Å². The van der Waals surface area contributed by atoms with Crippen LogP contribution >= 0.6 is 0 Å². The zero-order valence-electron chi connectivity index (χ0n) is 36.3. The molecule has 5 amide bonds. The molecule has 4 N–H and O–H groups in total. The lowest BCUT2D eigenvalue weighted by Gasteiger charge is -2.38. The maximum Gasteiger partial charge on any atom is 0.408 e. The molecule has 1 saturated heterocycles. The van der Waals surface area contributed by atoms with Crippen molar-refractivity contribution < 1.29 is 37.1 Å². The van der Waals surface area contributed by atoms with E-state index in [-0.39, 0.29) is 34.0 Å². The van der Waals surface area contributed by atoms with E-state index >= 15 is 4.79 Å². The molecular weight excluding hydrogens is 747 g/mol. The van der Waals surface area contributed by atoms with Gasteiger partial charge in [-0.15, -0.1) is 0 Å². The molecule has 57 heavy (non-hydrogen) atoms. The summed E-state index contributed by atoms with van der Waals surface area (Å²) in [5.41, 5.74) is -3.41. The minimum atomic E-state index is -3.96. The summed E-state index contributed by atoms with van der Waals surface area (Å²) >= 11 is 0. The van der Waals surface area contributed by atoms with Crippen molar-refractivity contribution >= 4 is 39.7 Å². The van der Waals surface area contributed by atoms with Gasteiger partial charge in [0.05, 0.1) is 4.75 Å². The Morgan fingerprint density at radius 1 is 0.842 bits per heavy atom. The largest absolute Gasteiger partial charge is 0.444 e. The van der Waals surface area contributed by atoms with E-state index in [9.17, 15) is 27.6 Å². The molecule has 1 aliphatic heterocycles. The number of alkyl carbamates (subject to hydrolysis) is 1. The molecule has 322 valence electrons. The van der Waals surface area contributed by atoms with Crippen molar-refractivity contribution in [2.45, 2.75) is 200 Å². The quantitative estimate of drug-likeness (QED) is 0.179. The maximum absolute atomic E-state index is 15.2. The number of nitrogens with one attached hydrogen (secondary N) is 4. The van der Waals surface area contributed by atoms with E-state index in [2.05, 4.69) is 34.5 Å². The molecule has 14 heteroatoms. The van der Waals surface area contributed by atoms with Crippen molar-refractivity contribution in [2.24, 2.45) is 33.5 Å². The minimum absolute atomic E-state index is 0.00993. The Bertz CT molecular complexity index is 1730. The third-order valence-electron chi connectivity index (χ3n) is 15.5. The number of nitrogens with zero attached hydrogens (tertiary/aromatic N) is 1. The summed E-state index contributed by atoms with van der Waals surface area (Å²) in [5, 5.41) is 8.94. The zero-order chi connectivity index (χ0) is 42.2. The highest BCUT2D eigenvalue weighted by Gasteiger charge is 2.85. The van der Waals surface area contributed by atoms with Gasteiger partial charge in [-0.05, 0) is 107 Å². The molecule has 0 unspecified atom stereocenters. The van der Waals surface area contributed by atoms with E-state index in [4.69, 9.17) is 4.74 Å². The fourth-order valence-corrected chi connectivity index (χ4v) is 13.3. The smallest absolute Gasteiger partial charge is 0.408 e. The highest BCUT2D eigenvalue weighted by Crippen LogP contribution is 2.88. The van der Waals surface area contributed by atoms with Gasteiger partial charge in [0.25, 0.3) is 5.91 Å². The Balaban J connectivity index is 1.28. The van der Waals surface area contributed by atoms with Crippen LogP contribution in [0.25, 0.3) is 0 Å². The van der Waals surface area contributed by atoms with Crippen LogP contribution in [-0.2, 0) is 33.9 Å². The average Bonchev–Trinajstić information content (AvgIpc) is 4.02. The zero-order valence-corrected chi connectivity index (χ0v) is 37.1. The lowest BCUT2D eigenvalue weighted by molar-refractivity contribution is -0.145. The fraction of sp³-hybridized carbons (Fsp3) is 0.884. The first kappa shape index (κ1) is 43.7. The lowest BCUT2D eigenvalue weighted by Crippen LogP contribution is -2.62. The van der Waals surface area contributed by atoms with Crippen molar-refractivity contribution in [1.29, 1.82) is 0 Å². The SMILES string of the molecule is CCCC1(S(=O)(=O)NC(=O)[C@@]2(NC(=O)[C@@H]3C[C@@]4(CN3C(=O)[C@@H](NC(=O)[C@@H](NC(=O)OC(C)(C)C)C3CCCCC3)C(C)(C)C)C(C)(C)C43CCC3)C[C@H]2CC)CC1. The van der Waals surface area contributed by atoms with Gasteiger partial charge in [0.15, 0.2) is 0 Å². The normalized spacial score (nSPS) is 30.7. The van der Waals surface area contributed by atoms with Gasteiger partial charge in [-0.1, -0.05) is 87.0 Å². The first-order chi connectivity index (χ1) is 26.4. The molecule has 0 radical (unpaired) electrons. The lowest BCUT2D eigenvalue weighted by atomic mass is 9.73. The molecule has 6 rings (SSSR count). The van der Waals surface area contributed by atoms with Crippen LogP contribution in [0.5, 0.6) is 0 Å². The van der Waals surface area contributed by atoms with E-state index in [1.54, 1.807) is 25.7 Å². The molecule has 6 fully saturated rings. The highest BCUT2D eigenvalue weighted by molar-refractivity contribution is 7.91. The van der Waals surface area contributed by atoms with Gasteiger partial charge in [0.1, 0.15) is 29.3 Å². The van der Waals surface area contributed by atoms with Crippen molar-refractivity contribution in [3.63, 3.8) is 0 Å². The van der Waals surface area contributed by atoms with Crippen LogP contribution in [0, 0.1) is 33.5 Å². The molecule has 6 atom stereocenters. The number of carbonyl (C=O) groups excluding carboxylic acids is 5. The van der Waals surface area contributed by atoms with Crippen LogP contribution in [-0.4, -0.2) is 83.6 Å². The number of carbonyl (C=O) groups is 5. The second kappa shape index (κ2) is 14.7. The summed E-state index contributed by atoms with van der Waals surface area (Å²) in [7, 11) is -3.96. The van der Waals surface area contributed by atoms with Gasteiger partial charge < -0.3 is 25.6 Å². The van der Waals surface area contributed by atoms with Crippen LogP contribution in [0.4, 0.5) is 4.79 Å². The Labute approximate surface area is 341 Å². The van der Waals surface area contributed by atoms with Gasteiger partial charge in [0, 0.05) is 12.0 Å². The van der Waals surface area contributed by atoms with Gasteiger partial charge in [-0.25, -0.2) is 13.2 Å². The Kier molecular flexibility index (Phi) is 11.2. The molecule has 0 bridgehead atoms. The molecular formula is C43H71N5O8S. The molecule has 6 aliphatic rings. The van der Waals surface area contributed by atoms with Crippen LogP contribution in [0.1, 0.15) is 166 Å². The van der Waals surface area contributed by atoms with E-state index in [1.165, 1.54) is 0 Å². The summed E-state index contributed by atoms with van der Waals surface area (Å²) < 4.78 is 34.0. The minimum Gasteiger partial charge on any atom is -0.444 e. The standard InChI is InChI=1S/C43H71N5O8S/c1-11-19-40(22-23-40)57(54,55)47-35(52)43(24-28(43)12-2)46-32(49)29-25-42(39(9,10)41(42)20-16-21-41)26-48(29)34(51)31(37(3,4)5)45-33(50)30(27-17-14-13-15-18-27)44-36(53)56-38(6,7)8/h27-31H,11-26H2,1-10H3,(H,44,53)(H,45,50)(H,46,49)(H,47,52)/t28-,29+,30+,31-,42-,43-/m1/s1. The predicted molar refractivity (Wildman–Crippen MR) is 217 cm³/mol. The molecule has 0 aromatic rings. The van der Waals surface area contributed by atoms with Crippen molar-refractivity contribution in [3.05, 3.63) is 0 Å². The molecule has 5 saturated carbocycles. The number of sulfonamides is 1. The van der Waals surface area contributed by atoms with E-state index in [0.29, 0.717) is 51.5 Å². The number of amides is 5. The first-order valence-electron chi connectivity index (χ1n) is 21.9. The number of likely N-dealkylation sites (tertiary alicyclic amines) is 1. The Morgan fingerprint density at radius 3 is 1.95 bits per heavy atom. The van der Waals surface area contributed by atoms with Crippen molar-refractivity contribution in [2.75, 3.05) is 6.54 Å². The molecule has 13 nitrogen and oxygen atoms in total. The number of hydrogen-bond donors (Lipinski definition) is 4. The average molecular weight is 818 g/mol. The third kappa shape index (κ3) is 7.49. The summed E-state index contributed by atoms with van der Waals surface area (Å²) in [6.45, 7) is 19.6. The Morgan fingerprint density at radius 2 is 1.47 bits per heavy atom. The topological polar surface area (TPSA) is 180 Å². The first-order valence-corrected chi connectivity index (χ1v) is 23.3. The molecule has 2 spiro atoms. The van der Waals surface area contributed by atoms with Gasteiger partial charge in [-0.3, -0.25) is 23.9 Å².